The lowest BCUT2D eigenvalue weighted by Crippen LogP contribution is -2.41. The van der Waals surface area contributed by atoms with Crippen LogP contribution in [0.4, 0.5) is 0 Å². The molecule has 18 heavy (non-hydrogen) atoms. The normalized spacial score (nSPS) is 12.2. The van der Waals surface area contributed by atoms with Gasteiger partial charge in [0.05, 0.1) is 6.04 Å². The fourth-order valence-corrected chi connectivity index (χ4v) is 1.90. The second kappa shape index (κ2) is 7.39. The third kappa shape index (κ3) is 4.67. The third-order valence-electron chi connectivity index (χ3n) is 2.90. The molecule has 1 aromatic rings. The third-order valence-corrected chi connectivity index (χ3v) is 3.15. The Kier molecular flexibility index (Phi) is 6.16. The van der Waals surface area contributed by atoms with E-state index in [1.165, 1.54) is 0 Å². The molecule has 0 spiro atoms. The van der Waals surface area contributed by atoms with Gasteiger partial charge in [-0.25, -0.2) is 0 Å². The van der Waals surface area contributed by atoms with Crippen LogP contribution in [0.1, 0.15) is 31.7 Å². The van der Waals surface area contributed by atoms with Crippen LogP contribution in [-0.4, -0.2) is 23.9 Å². The van der Waals surface area contributed by atoms with E-state index in [1.807, 2.05) is 24.3 Å². The van der Waals surface area contributed by atoms with Gasteiger partial charge in [0.15, 0.2) is 0 Å². The smallest absolute Gasteiger partial charge is 0.239 e. The number of likely N-dealkylation sites (N-methyl/N-ethyl adjacent to an activating group) is 1. The predicted octanol–water partition coefficient (Wildman–Crippen LogP) is 2.82. The largest absolute Gasteiger partial charge is 0.340 e. The molecule has 0 saturated heterocycles. The number of amides is 1. The van der Waals surface area contributed by atoms with Crippen molar-refractivity contribution < 1.29 is 4.79 Å². The lowest BCUT2D eigenvalue weighted by Gasteiger charge is -2.21. The number of halogens is 1. The molecule has 0 aliphatic heterocycles. The van der Waals surface area contributed by atoms with E-state index in [2.05, 4.69) is 6.92 Å². The Morgan fingerprint density at radius 1 is 1.39 bits per heavy atom. The van der Waals surface area contributed by atoms with Gasteiger partial charge >= 0.3 is 0 Å². The van der Waals surface area contributed by atoms with Crippen LogP contribution in [0.3, 0.4) is 0 Å². The van der Waals surface area contributed by atoms with Crippen molar-refractivity contribution in [3.05, 3.63) is 34.9 Å². The molecular formula is C14H21ClN2O. The molecule has 0 aliphatic carbocycles. The number of nitrogens with two attached hydrogens (primary N) is 1. The molecule has 0 fully saturated rings. The summed E-state index contributed by atoms with van der Waals surface area (Å²) in [6, 6.07) is 7.11. The monoisotopic (exact) mass is 268 g/mol. The number of nitrogens with zero attached hydrogens (tertiary/aromatic N) is 1. The topological polar surface area (TPSA) is 46.3 Å². The minimum atomic E-state index is -0.387. The Morgan fingerprint density at radius 2 is 2.00 bits per heavy atom. The minimum absolute atomic E-state index is 0.00148. The standard InChI is InChI=1S/C14H21ClN2O/c1-3-4-5-13(16)14(18)17(2)10-11-6-8-12(15)9-7-11/h6-9,13H,3-5,10,16H2,1-2H3/t13-/m0/s1. The van der Waals surface area contributed by atoms with Crippen molar-refractivity contribution in [2.75, 3.05) is 7.05 Å². The molecule has 1 atom stereocenters. The Labute approximate surface area is 114 Å². The van der Waals surface area contributed by atoms with Crippen molar-refractivity contribution in [1.29, 1.82) is 0 Å². The number of benzene rings is 1. The first kappa shape index (κ1) is 15.0. The Hall–Kier alpha value is -1.06. The summed E-state index contributed by atoms with van der Waals surface area (Å²) >= 11 is 5.82. The zero-order chi connectivity index (χ0) is 13.5. The molecule has 100 valence electrons. The van der Waals surface area contributed by atoms with Crippen LogP contribution in [0, 0.1) is 0 Å². The van der Waals surface area contributed by atoms with E-state index in [1.54, 1.807) is 11.9 Å². The number of hydrogen-bond acceptors (Lipinski definition) is 2. The molecule has 0 bridgehead atoms. The molecule has 0 unspecified atom stereocenters. The van der Waals surface area contributed by atoms with Crippen LogP contribution in [0.15, 0.2) is 24.3 Å². The van der Waals surface area contributed by atoms with Gasteiger partial charge in [0.25, 0.3) is 0 Å². The van der Waals surface area contributed by atoms with Gasteiger partial charge in [0.2, 0.25) is 5.91 Å². The molecule has 2 N–H and O–H groups in total. The highest BCUT2D eigenvalue weighted by atomic mass is 35.5. The molecule has 4 heteroatoms. The highest BCUT2D eigenvalue weighted by Crippen LogP contribution is 2.11. The first-order valence-electron chi connectivity index (χ1n) is 6.29. The molecule has 3 nitrogen and oxygen atoms in total. The average molecular weight is 269 g/mol. The highest BCUT2D eigenvalue weighted by molar-refractivity contribution is 6.30. The van der Waals surface area contributed by atoms with Gasteiger partial charge in [-0.15, -0.1) is 0 Å². The summed E-state index contributed by atoms with van der Waals surface area (Å²) in [5, 5.41) is 0.701. The summed E-state index contributed by atoms with van der Waals surface area (Å²) in [5.41, 5.74) is 6.92. The van der Waals surface area contributed by atoms with Gasteiger partial charge in [-0.1, -0.05) is 43.5 Å². The van der Waals surface area contributed by atoms with E-state index in [-0.39, 0.29) is 11.9 Å². The van der Waals surface area contributed by atoms with E-state index in [0.29, 0.717) is 11.6 Å². The van der Waals surface area contributed by atoms with E-state index >= 15 is 0 Å². The van der Waals surface area contributed by atoms with Gasteiger partial charge < -0.3 is 10.6 Å². The van der Waals surface area contributed by atoms with Gasteiger partial charge in [-0.05, 0) is 24.1 Å². The molecule has 0 aliphatic rings. The number of carbonyl (C=O) groups excluding carboxylic acids is 1. The molecule has 0 heterocycles. The maximum atomic E-state index is 12.0. The van der Waals surface area contributed by atoms with Crippen molar-refractivity contribution >= 4 is 17.5 Å². The van der Waals surface area contributed by atoms with Crippen LogP contribution >= 0.6 is 11.6 Å². The highest BCUT2D eigenvalue weighted by Gasteiger charge is 2.17. The van der Waals surface area contributed by atoms with Crippen molar-refractivity contribution in [2.24, 2.45) is 5.73 Å². The second-order valence-electron chi connectivity index (χ2n) is 4.57. The van der Waals surface area contributed by atoms with Crippen molar-refractivity contribution in [3.8, 4) is 0 Å². The molecular weight excluding hydrogens is 248 g/mol. The summed E-state index contributed by atoms with van der Waals surface area (Å²) in [6.07, 6.45) is 2.80. The number of carbonyl (C=O) groups is 1. The summed E-state index contributed by atoms with van der Waals surface area (Å²) in [7, 11) is 1.78. The SMILES string of the molecule is CCCC[C@H](N)C(=O)N(C)Cc1ccc(Cl)cc1. The zero-order valence-electron chi connectivity index (χ0n) is 11.0. The second-order valence-corrected chi connectivity index (χ2v) is 5.01. The summed E-state index contributed by atoms with van der Waals surface area (Å²) < 4.78 is 0. The Bertz CT molecular complexity index is 378. The lowest BCUT2D eigenvalue weighted by molar-refractivity contribution is -0.132. The van der Waals surface area contributed by atoms with Crippen molar-refractivity contribution in [2.45, 2.75) is 38.8 Å². The molecule has 0 aromatic heterocycles. The van der Waals surface area contributed by atoms with E-state index in [0.717, 1.165) is 24.8 Å². The van der Waals surface area contributed by atoms with Crippen LogP contribution < -0.4 is 5.73 Å². The van der Waals surface area contributed by atoms with Crippen LogP contribution in [0.2, 0.25) is 5.02 Å². The summed E-state index contributed by atoms with van der Waals surface area (Å²) in [4.78, 5) is 13.7. The molecule has 0 radical (unpaired) electrons. The molecule has 1 aromatic carbocycles. The van der Waals surface area contributed by atoms with Gasteiger partial charge in [-0.3, -0.25) is 4.79 Å². The predicted molar refractivity (Wildman–Crippen MR) is 75.4 cm³/mol. The average Bonchev–Trinajstić information content (AvgIpc) is 2.37. The fraction of sp³-hybridized carbons (Fsp3) is 0.500. The van der Waals surface area contributed by atoms with Crippen molar-refractivity contribution in [3.63, 3.8) is 0 Å². The van der Waals surface area contributed by atoms with Crippen LogP contribution in [0.5, 0.6) is 0 Å². The Morgan fingerprint density at radius 3 is 2.56 bits per heavy atom. The number of hydrogen-bond donors (Lipinski definition) is 1. The number of unbranched alkanes of at least 4 members (excludes halogenated alkanes) is 1. The van der Waals surface area contributed by atoms with Crippen LogP contribution in [-0.2, 0) is 11.3 Å². The fourth-order valence-electron chi connectivity index (χ4n) is 1.77. The van der Waals surface area contributed by atoms with Gasteiger partial charge in [0.1, 0.15) is 0 Å². The number of rotatable bonds is 6. The van der Waals surface area contributed by atoms with E-state index in [9.17, 15) is 4.79 Å². The molecule has 0 saturated carbocycles. The first-order chi connectivity index (χ1) is 8.54. The maximum absolute atomic E-state index is 12.0. The van der Waals surface area contributed by atoms with Gasteiger partial charge in [0, 0.05) is 18.6 Å². The first-order valence-corrected chi connectivity index (χ1v) is 6.67. The maximum Gasteiger partial charge on any atom is 0.239 e. The van der Waals surface area contributed by atoms with Crippen molar-refractivity contribution in [1.82, 2.24) is 4.90 Å². The van der Waals surface area contributed by atoms with E-state index in [4.69, 9.17) is 17.3 Å². The molecule has 1 amide bonds. The summed E-state index contributed by atoms with van der Waals surface area (Å²) in [5.74, 6) is -0.00148. The minimum Gasteiger partial charge on any atom is -0.340 e. The quantitative estimate of drug-likeness (QED) is 0.862. The van der Waals surface area contributed by atoms with Crippen LogP contribution in [0.25, 0.3) is 0 Å². The molecule has 1 rings (SSSR count). The Balaban J connectivity index is 2.51. The summed E-state index contributed by atoms with van der Waals surface area (Å²) in [6.45, 7) is 2.66. The lowest BCUT2D eigenvalue weighted by atomic mass is 10.1. The van der Waals surface area contributed by atoms with Gasteiger partial charge in [-0.2, -0.15) is 0 Å². The zero-order valence-corrected chi connectivity index (χ0v) is 11.8. The van der Waals surface area contributed by atoms with E-state index < -0.39 is 0 Å².